The van der Waals surface area contributed by atoms with Crippen LogP contribution >= 0.6 is 11.6 Å². The molecule has 0 bridgehead atoms. The quantitative estimate of drug-likeness (QED) is 0.859. The molecule has 2 atom stereocenters. The van der Waals surface area contributed by atoms with Gasteiger partial charge in [0.25, 0.3) is 0 Å². The Bertz CT molecular complexity index is 355. The van der Waals surface area contributed by atoms with Crippen LogP contribution < -0.4 is 5.32 Å². The highest BCUT2D eigenvalue weighted by molar-refractivity contribution is 6.30. The second-order valence-electron chi connectivity index (χ2n) is 5.06. The lowest BCUT2D eigenvalue weighted by Crippen LogP contribution is -2.38. The van der Waals surface area contributed by atoms with Crippen LogP contribution in [0.2, 0.25) is 5.02 Å². The molecular weight excluding hydrogens is 237 g/mol. The standard InChI is InChI=1S/C14H19ClFN/c1-14(16,10-13-4-2-3-9-17-13)11-5-7-12(15)8-6-11/h5-8,13,17H,2-4,9-10H2,1H3. The first-order chi connectivity index (χ1) is 8.08. The van der Waals surface area contributed by atoms with Crippen LogP contribution in [0.5, 0.6) is 0 Å². The van der Waals surface area contributed by atoms with E-state index in [0.29, 0.717) is 23.0 Å². The minimum absolute atomic E-state index is 0.300. The van der Waals surface area contributed by atoms with E-state index in [4.69, 9.17) is 11.6 Å². The van der Waals surface area contributed by atoms with E-state index < -0.39 is 5.67 Å². The molecule has 2 rings (SSSR count). The monoisotopic (exact) mass is 255 g/mol. The van der Waals surface area contributed by atoms with Crippen molar-refractivity contribution in [1.29, 1.82) is 0 Å². The van der Waals surface area contributed by atoms with Crippen molar-refractivity contribution in [3.63, 3.8) is 0 Å². The lowest BCUT2D eigenvalue weighted by molar-refractivity contribution is 0.146. The maximum atomic E-state index is 14.7. The first-order valence-corrected chi connectivity index (χ1v) is 6.64. The lowest BCUT2D eigenvalue weighted by atomic mass is 9.88. The van der Waals surface area contributed by atoms with Crippen LogP contribution in [0.3, 0.4) is 0 Å². The molecule has 1 saturated heterocycles. The topological polar surface area (TPSA) is 12.0 Å². The van der Waals surface area contributed by atoms with Crippen LogP contribution in [-0.2, 0) is 5.67 Å². The largest absolute Gasteiger partial charge is 0.314 e. The van der Waals surface area contributed by atoms with Crippen LogP contribution in [0, 0.1) is 0 Å². The highest BCUT2D eigenvalue weighted by Gasteiger charge is 2.30. The maximum absolute atomic E-state index is 14.7. The van der Waals surface area contributed by atoms with Crippen LogP contribution in [-0.4, -0.2) is 12.6 Å². The molecule has 17 heavy (non-hydrogen) atoms. The van der Waals surface area contributed by atoms with Crippen molar-refractivity contribution < 1.29 is 4.39 Å². The maximum Gasteiger partial charge on any atom is 0.134 e. The van der Waals surface area contributed by atoms with Gasteiger partial charge in [-0.2, -0.15) is 0 Å². The van der Waals surface area contributed by atoms with Gasteiger partial charge >= 0.3 is 0 Å². The molecule has 2 unspecified atom stereocenters. The molecule has 0 radical (unpaired) electrons. The fraction of sp³-hybridized carbons (Fsp3) is 0.571. The Hall–Kier alpha value is -0.600. The van der Waals surface area contributed by atoms with Gasteiger partial charge in [0.1, 0.15) is 5.67 Å². The number of halogens is 2. The number of benzene rings is 1. The molecule has 1 N–H and O–H groups in total. The van der Waals surface area contributed by atoms with Gasteiger partial charge in [0.2, 0.25) is 0 Å². The molecule has 1 aromatic carbocycles. The molecule has 0 amide bonds. The van der Waals surface area contributed by atoms with E-state index in [9.17, 15) is 4.39 Å². The molecule has 3 heteroatoms. The summed E-state index contributed by atoms with van der Waals surface area (Å²) < 4.78 is 14.7. The third-order valence-corrected chi connectivity index (χ3v) is 3.74. The summed E-state index contributed by atoms with van der Waals surface area (Å²) in [5, 5.41) is 4.04. The molecule has 94 valence electrons. The average molecular weight is 256 g/mol. The fourth-order valence-corrected chi connectivity index (χ4v) is 2.60. The first-order valence-electron chi connectivity index (χ1n) is 6.26. The SMILES string of the molecule is CC(F)(CC1CCCCN1)c1ccc(Cl)cc1. The Balaban J connectivity index is 2.04. The third kappa shape index (κ3) is 3.43. The van der Waals surface area contributed by atoms with E-state index in [1.54, 1.807) is 31.2 Å². The second-order valence-corrected chi connectivity index (χ2v) is 5.49. The Morgan fingerprint density at radius 3 is 2.65 bits per heavy atom. The van der Waals surface area contributed by atoms with Gasteiger partial charge < -0.3 is 5.32 Å². The molecule has 1 nitrogen and oxygen atoms in total. The van der Waals surface area contributed by atoms with Gasteiger partial charge in [0.15, 0.2) is 0 Å². The summed E-state index contributed by atoms with van der Waals surface area (Å²) in [6, 6.07) is 7.37. The van der Waals surface area contributed by atoms with Crippen molar-refractivity contribution in [2.45, 2.75) is 44.3 Å². The Labute approximate surface area is 107 Å². The van der Waals surface area contributed by atoms with Crippen molar-refractivity contribution >= 4 is 11.6 Å². The Kier molecular flexibility index (Phi) is 4.05. The summed E-state index contributed by atoms with van der Waals surface area (Å²) in [6.45, 7) is 2.67. The zero-order valence-corrected chi connectivity index (χ0v) is 10.9. The lowest BCUT2D eigenvalue weighted by Gasteiger charge is -2.30. The van der Waals surface area contributed by atoms with Crippen LogP contribution in [0.4, 0.5) is 4.39 Å². The molecule has 1 heterocycles. The van der Waals surface area contributed by atoms with Crippen molar-refractivity contribution in [3.8, 4) is 0 Å². The summed E-state index contributed by atoms with van der Waals surface area (Å²) in [4.78, 5) is 0. The zero-order chi connectivity index (χ0) is 12.3. The van der Waals surface area contributed by atoms with Crippen LogP contribution in [0.15, 0.2) is 24.3 Å². The van der Waals surface area contributed by atoms with Crippen molar-refractivity contribution in [1.82, 2.24) is 5.32 Å². The highest BCUT2D eigenvalue weighted by Crippen LogP contribution is 2.32. The smallest absolute Gasteiger partial charge is 0.134 e. The van der Waals surface area contributed by atoms with Crippen molar-refractivity contribution in [2.24, 2.45) is 0 Å². The molecular formula is C14H19ClFN. The highest BCUT2D eigenvalue weighted by atomic mass is 35.5. The third-order valence-electron chi connectivity index (χ3n) is 3.49. The minimum Gasteiger partial charge on any atom is -0.314 e. The fourth-order valence-electron chi connectivity index (χ4n) is 2.48. The number of nitrogens with one attached hydrogen (secondary N) is 1. The zero-order valence-electron chi connectivity index (χ0n) is 10.2. The molecule has 1 aliphatic heterocycles. The molecule has 0 aromatic heterocycles. The van der Waals surface area contributed by atoms with E-state index in [-0.39, 0.29) is 0 Å². The summed E-state index contributed by atoms with van der Waals surface area (Å²) in [5.41, 5.74) is -0.561. The predicted molar refractivity (Wildman–Crippen MR) is 70.2 cm³/mol. The molecule has 1 aromatic rings. The number of rotatable bonds is 3. The van der Waals surface area contributed by atoms with Gasteiger partial charge in [-0.05, 0) is 44.0 Å². The number of hydrogen-bond acceptors (Lipinski definition) is 1. The second kappa shape index (κ2) is 5.36. The van der Waals surface area contributed by atoms with E-state index in [1.165, 1.54) is 12.8 Å². The van der Waals surface area contributed by atoms with Gasteiger partial charge in [-0.3, -0.25) is 0 Å². The van der Waals surface area contributed by atoms with Gasteiger partial charge in [0, 0.05) is 17.5 Å². The van der Waals surface area contributed by atoms with E-state index in [2.05, 4.69) is 5.32 Å². The number of alkyl halides is 1. The van der Waals surface area contributed by atoms with E-state index in [0.717, 1.165) is 13.0 Å². The normalized spacial score (nSPS) is 24.3. The summed E-state index contributed by atoms with van der Waals surface area (Å²) in [7, 11) is 0. The predicted octanol–water partition coefficient (Wildman–Crippen LogP) is 4.06. The Morgan fingerprint density at radius 2 is 2.06 bits per heavy atom. The molecule has 0 aliphatic carbocycles. The minimum atomic E-state index is -1.28. The van der Waals surface area contributed by atoms with E-state index in [1.807, 2.05) is 0 Å². The van der Waals surface area contributed by atoms with Crippen LogP contribution in [0.25, 0.3) is 0 Å². The summed E-state index contributed by atoms with van der Waals surface area (Å²) >= 11 is 5.82. The van der Waals surface area contributed by atoms with Gasteiger partial charge in [0.05, 0.1) is 0 Å². The summed E-state index contributed by atoms with van der Waals surface area (Å²) in [5.74, 6) is 0. The number of hydrogen-bond donors (Lipinski definition) is 1. The first kappa shape index (κ1) is 12.8. The summed E-state index contributed by atoms with van der Waals surface area (Å²) in [6.07, 6.45) is 4.02. The van der Waals surface area contributed by atoms with Crippen molar-refractivity contribution in [3.05, 3.63) is 34.9 Å². The molecule has 1 aliphatic rings. The average Bonchev–Trinajstić information content (AvgIpc) is 2.30. The van der Waals surface area contributed by atoms with Gasteiger partial charge in [-0.1, -0.05) is 30.2 Å². The van der Waals surface area contributed by atoms with Gasteiger partial charge in [-0.25, -0.2) is 4.39 Å². The Morgan fingerprint density at radius 1 is 1.35 bits per heavy atom. The van der Waals surface area contributed by atoms with Gasteiger partial charge in [-0.15, -0.1) is 0 Å². The molecule has 1 fully saturated rings. The van der Waals surface area contributed by atoms with E-state index >= 15 is 0 Å². The molecule has 0 spiro atoms. The molecule has 0 saturated carbocycles. The number of piperidine rings is 1. The van der Waals surface area contributed by atoms with Crippen molar-refractivity contribution in [2.75, 3.05) is 6.54 Å². The van der Waals surface area contributed by atoms with Crippen LogP contribution in [0.1, 0.15) is 38.2 Å².